The summed E-state index contributed by atoms with van der Waals surface area (Å²) >= 11 is 0. The number of hydrogen-bond donors (Lipinski definition) is 0. The minimum atomic E-state index is -0.564. The minimum Gasteiger partial charge on any atom is -0.489 e. The second kappa shape index (κ2) is 11.5. The lowest BCUT2D eigenvalue weighted by molar-refractivity contribution is -0.134. The molecule has 2 aliphatic heterocycles. The van der Waals surface area contributed by atoms with Gasteiger partial charge in [-0.25, -0.2) is 4.79 Å². The van der Waals surface area contributed by atoms with Crippen LogP contribution < -0.4 is 10.2 Å². The van der Waals surface area contributed by atoms with Crippen molar-refractivity contribution in [1.82, 2.24) is 9.80 Å². The molecule has 0 aliphatic carbocycles. The highest BCUT2D eigenvalue weighted by molar-refractivity contribution is 6.62. The van der Waals surface area contributed by atoms with Crippen molar-refractivity contribution < 1.29 is 28.4 Å². The van der Waals surface area contributed by atoms with Gasteiger partial charge in [-0.1, -0.05) is 42.5 Å². The second-order valence-corrected chi connectivity index (χ2v) is 12.8. The van der Waals surface area contributed by atoms with Crippen LogP contribution in [0.5, 0.6) is 5.75 Å². The number of piperazine rings is 1. The number of nitrogens with zero attached hydrogens (tertiary/aromatic N) is 2. The van der Waals surface area contributed by atoms with Crippen molar-refractivity contribution in [3.05, 3.63) is 59.7 Å². The van der Waals surface area contributed by atoms with Crippen molar-refractivity contribution in [2.45, 2.75) is 91.3 Å². The van der Waals surface area contributed by atoms with Gasteiger partial charge in [0.2, 0.25) is 5.91 Å². The van der Waals surface area contributed by atoms with Crippen molar-refractivity contribution in [2.24, 2.45) is 0 Å². The third kappa shape index (κ3) is 6.99. The maximum atomic E-state index is 13.6. The molecule has 0 radical (unpaired) electrons. The van der Waals surface area contributed by atoms with Gasteiger partial charge in [-0.15, -0.1) is 0 Å². The van der Waals surface area contributed by atoms with Crippen molar-refractivity contribution in [2.75, 3.05) is 19.6 Å². The Bertz CT molecular complexity index is 1190. The van der Waals surface area contributed by atoms with Gasteiger partial charge in [-0.3, -0.25) is 4.79 Å². The van der Waals surface area contributed by atoms with Crippen LogP contribution in [-0.4, -0.2) is 71.4 Å². The van der Waals surface area contributed by atoms with Gasteiger partial charge in [0.05, 0.1) is 17.6 Å². The van der Waals surface area contributed by atoms with Crippen molar-refractivity contribution in [3.8, 4) is 5.75 Å². The number of carbonyl (C=O) groups excluding carboxylic acids is 2. The zero-order valence-corrected chi connectivity index (χ0v) is 25.2. The van der Waals surface area contributed by atoms with Gasteiger partial charge in [-0.05, 0) is 72.5 Å². The topological polar surface area (TPSA) is 77.5 Å². The van der Waals surface area contributed by atoms with Crippen LogP contribution in [0.2, 0.25) is 0 Å². The fraction of sp³-hybridized carbons (Fsp3) is 0.548. The molecule has 1 atom stereocenters. The molecule has 0 aromatic heterocycles. The van der Waals surface area contributed by atoms with E-state index in [9.17, 15) is 9.59 Å². The van der Waals surface area contributed by atoms with E-state index in [1.807, 2.05) is 109 Å². The maximum Gasteiger partial charge on any atom is 0.494 e. The Balaban J connectivity index is 1.51. The molecule has 8 nitrogen and oxygen atoms in total. The first kappa shape index (κ1) is 29.9. The number of amides is 2. The number of carbonyl (C=O) groups is 2. The van der Waals surface area contributed by atoms with Crippen LogP contribution in [0.3, 0.4) is 0 Å². The molecular formula is C31H43BN2O6. The number of rotatable bonds is 6. The normalized spacial score (nSPS) is 20.4. The van der Waals surface area contributed by atoms with Crippen molar-refractivity contribution in [1.29, 1.82) is 0 Å². The van der Waals surface area contributed by atoms with Crippen LogP contribution in [0.15, 0.2) is 48.5 Å². The Labute approximate surface area is 239 Å². The minimum absolute atomic E-state index is 0.0213. The fourth-order valence-electron chi connectivity index (χ4n) is 4.82. The molecule has 40 heavy (non-hydrogen) atoms. The molecule has 2 saturated heterocycles. The third-order valence-electron chi connectivity index (χ3n) is 7.79. The average molecular weight is 551 g/mol. The summed E-state index contributed by atoms with van der Waals surface area (Å²) in [6, 6.07) is 15.6. The van der Waals surface area contributed by atoms with Crippen LogP contribution in [0.25, 0.3) is 0 Å². The molecule has 4 rings (SSSR count). The molecule has 2 aliphatic rings. The van der Waals surface area contributed by atoms with Crippen LogP contribution in [0.1, 0.15) is 66.5 Å². The lowest BCUT2D eigenvalue weighted by atomic mass is 9.78. The van der Waals surface area contributed by atoms with E-state index >= 15 is 0 Å². The van der Waals surface area contributed by atoms with E-state index in [-0.39, 0.29) is 24.5 Å². The van der Waals surface area contributed by atoms with Crippen LogP contribution in [0.4, 0.5) is 4.79 Å². The smallest absolute Gasteiger partial charge is 0.489 e. The van der Waals surface area contributed by atoms with Gasteiger partial charge in [0.1, 0.15) is 18.0 Å². The Hall–Kier alpha value is -3.04. The summed E-state index contributed by atoms with van der Waals surface area (Å²) in [6.45, 7) is 17.3. The highest BCUT2D eigenvalue weighted by Crippen LogP contribution is 2.37. The summed E-state index contributed by atoms with van der Waals surface area (Å²) < 4.78 is 24.3. The Morgan fingerprint density at radius 3 is 2.25 bits per heavy atom. The molecule has 2 fully saturated rings. The molecule has 2 aromatic rings. The van der Waals surface area contributed by atoms with E-state index in [0.29, 0.717) is 32.0 Å². The SMILES string of the molecule is C[C@H]1CN(C(=O)OC(C)(C)C)CCN1C(=O)Cc1cc(B2OC(C)(C)C(C)(C)O2)ccc1OCc1ccccc1. The maximum absolute atomic E-state index is 13.6. The number of hydrogen-bond acceptors (Lipinski definition) is 6. The molecule has 0 saturated carbocycles. The predicted octanol–water partition coefficient (Wildman–Crippen LogP) is 4.58. The van der Waals surface area contributed by atoms with E-state index in [0.717, 1.165) is 16.6 Å². The van der Waals surface area contributed by atoms with Gasteiger partial charge in [-0.2, -0.15) is 0 Å². The molecule has 0 bridgehead atoms. The van der Waals surface area contributed by atoms with E-state index < -0.39 is 23.9 Å². The highest BCUT2D eigenvalue weighted by atomic mass is 16.7. The van der Waals surface area contributed by atoms with E-state index in [1.165, 1.54) is 0 Å². The first-order chi connectivity index (χ1) is 18.6. The summed E-state index contributed by atoms with van der Waals surface area (Å²) in [7, 11) is -0.543. The van der Waals surface area contributed by atoms with Gasteiger partial charge < -0.3 is 28.6 Å². The highest BCUT2D eigenvalue weighted by Gasteiger charge is 2.51. The molecule has 2 aromatic carbocycles. The third-order valence-corrected chi connectivity index (χ3v) is 7.79. The summed E-state index contributed by atoms with van der Waals surface area (Å²) in [5.41, 5.74) is 1.15. The zero-order valence-electron chi connectivity index (χ0n) is 25.2. The molecule has 9 heteroatoms. The molecule has 216 valence electrons. The molecule has 2 heterocycles. The summed E-state index contributed by atoms with van der Waals surface area (Å²) in [5.74, 6) is 0.629. The van der Waals surface area contributed by atoms with Crippen molar-refractivity contribution in [3.63, 3.8) is 0 Å². The van der Waals surface area contributed by atoms with E-state index in [2.05, 4.69) is 0 Å². The number of benzene rings is 2. The van der Waals surface area contributed by atoms with Gasteiger partial charge in [0.25, 0.3) is 0 Å². The standard InChI is InChI=1S/C31H43BN2O6/c1-22-20-33(28(36)38-29(2,3)4)16-17-34(22)27(35)19-24-18-25(32-39-30(5,6)31(7,8)40-32)14-15-26(24)37-21-23-12-10-9-11-13-23/h9-15,18,22H,16-17,19-21H2,1-8H3/t22-/m0/s1. The van der Waals surface area contributed by atoms with Crippen LogP contribution in [0, 0.1) is 0 Å². The van der Waals surface area contributed by atoms with Crippen LogP contribution >= 0.6 is 0 Å². The Morgan fingerprint density at radius 2 is 1.65 bits per heavy atom. The summed E-state index contributed by atoms with van der Waals surface area (Å²) in [4.78, 5) is 29.7. The van der Waals surface area contributed by atoms with Gasteiger partial charge >= 0.3 is 13.2 Å². The molecule has 0 unspecified atom stereocenters. The largest absolute Gasteiger partial charge is 0.494 e. The Kier molecular flexibility index (Phi) is 8.57. The van der Waals surface area contributed by atoms with Crippen LogP contribution in [-0.2, 0) is 31.9 Å². The monoisotopic (exact) mass is 550 g/mol. The summed E-state index contributed by atoms with van der Waals surface area (Å²) in [5, 5.41) is 0. The summed E-state index contributed by atoms with van der Waals surface area (Å²) in [6.07, 6.45) is -0.188. The quantitative estimate of drug-likeness (QED) is 0.491. The molecule has 0 N–H and O–H groups in total. The molecule has 0 spiro atoms. The lowest BCUT2D eigenvalue weighted by Crippen LogP contribution is -2.56. The Morgan fingerprint density at radius 1 is 1.00 bits per heavy atom. The molecule has 2 amide bonds. The van der Waals surface area contributed by atoms with Crippen molar-refractivity contribution >= 4 is 24.6 Å². The predicted molar refractivity (Wildman–Crippen MR) is 156 cm³/mol. The first-order valence-corrected chi connectivity index (χ1v) is 14.1. The average Bonchev–Trinajstić information content (AvgIpc) is 3.09. The van der Waals surface area contributed by atoms with Gasteiger partial charge in [0, 0.05) is 31.2 Å². The zero-order chi connectivity index (χ0) is 29.3. The fourth-order valence-corrected chi connectivity index (χ4v) is 4.82. The second-order valence-electron chi connectivity index (χ2n) is 12.8. The lowest BCUT2D eigenvalue weighted by Gasteiger charge is -2.40. The molecular weight excluding hydrogens is 507 g/mol. The van der Waals surface area contributed by atoms with E-state index in [4.69, 9.17) is 18.8 Å². The van der Waals surface area contributed by atoms with E-state index in [1.54, 1.807) is 4.90 Å². The first-order valence-electron chi connectivity index (χ1n) is 14.1. The number of ether oxygens (including phenoxy) is 2. The van der Waals surface area contributed by atoms with Gasteiger partial charge in [0.15, 0.2) is 0 Å².